The lowest BCUT2D eigenvalue weighted by Crippen LogP contribution is -2.27. The summed E-state index contributed by atoms with van der Waals surface area (Å²) in [5, 5.41) is 19.9. The number of amides is 1. The van der Waals surface area contributed by atoms with Crippen molar-refractivity contribution in [1.29, 1.82) is 0 Å². The van der Waals surface area contributed by atoms with E-state index in [1.165, 1.54) is 30.1 Å². The van der Waals surface area contributed by atoms with Crippen LogP contribution >= 0.6 is 0 Å². The number of hydrogen-bond acceptors (Lipinski definition) is 6. The first-order valence-electron chi connectivity index (χ1n) is 8.42. The van der Waals surface area contributed by atoms with Gasteiger partial charge in [0.25, 0.3) is 11.6 Å². The Kier molecular flexibility index (Phi) is 6.91. The average Bonchev–Trinajstić information content (AvgIpc) is 2.66. The van der Waals surface area contributed by atoms with Crippen LogP contribution in [0.3, 0.4) is 0 Å². The Morgan fingerprint density at radius 3 is 2.32 bits per heavy atom. The van der Waals surface area contributed by atoms with Gasteiger partial charge in [-0.1, -0.05) is 12.1 Å². The van der Waals surface area contributed by atoms with Crippen LogP contribution in [0, 0.1) is 10.1 Å². The zero-order chi connectivity index (χ0) is 20.7. The van der Waals surface area contributed by atoms with Crippen molar-refractivity contribution in [2.75, 3.05) is 20.3 Å². The number of ether oxygens (including phenoxy) is 2. The van der Waals surface area contributed by atoms with E-state index in [0.717, 1.165) is 5.56 Å². The summed E-state index contributed by atoms with van der Waals surface area (Å²) in [6.45, 7) is 1.90. The van der Waals surface area contributed by atoms with Gasteiger partial charge in [0, 0.05) is 19.7 Å². The van der Waals surface area contributed by atoms with Crippen LogP contribution in [0.1, 0.15) is 22.8 Å². The molecule has 0 heterocycles. The highest BCUT2D eigenvalue weighted by Crippen LogP contribution is 2.26. The Labute approximate surface area is 161 Å². The van der Waals surface area contributed by atoms with Gasteiger partial charge < -0.3 is 19.5 Å². The zero-order valence-electron chi connectivity index (χ0n) is 15.5. The molecule has 2 aromatic carbocycles. The molecule has 2 rings (SSSR count). The van der Waals surface area contributed by atoms with Gasteiger partial charge in [-0.2, -0.15) is 0 Å². The van der Waals surface area contributed by atoms with E-state index in [1.807, 2.05) is 0 Å². The summed E-state index contributed by atoms with van der Waals surface area (Å²) in [5.74, 6) is -0.824. The van der Waals surface area contributed by atoms with Crippen LogP contribution in [0.15, 0.2) is 42.5 Å². The van der Waals surface area contributed by atoms with E-state index in [4.69, 9.17) is 14.6 Å². The van der Waals surface area contributed by atoms with E-state index < -0.39 is 23.4 Å². The molecule has 0 aliphatic carbocycles. The SMILES string of the molecule is CCOc1ccc([N+](=O)[O-])c(C(=O)N(C)Cc2ccc(OCC(=O)O)cc2)c1. The second-order valence-corrected chi connectivity index (χ2v) is 5.86. The van der Waals surface area contributed by atoms with Crippen LogP contribution in [0.25, 0.3) is 0 Å². The Hall–Kier alpha value is -3.62. The maximum Gasteiger partial charge on any atom is 0.341 e. The molecule has 148 valence electrons. The zero-order valence-corrected chi connectivity index (χ0v) is 15.5. The highest BCUT2D eigenvalue weighted by molar-refractivity contribution is 5.98. The first-order chi connectivity index (χ1) is 13.3. The lowest BCUT2D eigenvalue weighted by molar-refractivity contribution is -0.385. The fourth-order valence-electron chi connectivity index (χ4n) is 2.49. The number of nitro groups is 1. The normalized spacial score (nSPS) is 10.2. The second kappa shape index (κ2) is 9.36. The summed E-state index contributed by atoms with van der Waals surface area (Å²) in [4.78, 5) is 35.3. The third-order valence-corrected chi connectivity index (χ3v) is 3.76. The molecule has 0 aliphatic rings. The monoisotopic (exact) mass is 388 g/mol. The van der Waals surface area contributed by atoms with Crippen molar-refractivity contribution in [3.05, 3.63) is 63.7 Å². The molecule has 0 atom stereocenters. The number of benzene rings is 2. The minimum Gasteiger partial charge on any atom is -0.494 e. The molecular formula is C19H20N2O7. The minimum absolute atomic E-state index is 0.0557. The van der Waals surface area contributed by atoms with Crippen LogP contribution in [0.5, 0.6) is 11.5 Å². The topological polar surface area (TPSA) is 119 Å². The Balaban J connectivity index is 2.14. The summed E-state index contributed by atoms with van der Waals surface area (Å²) < 4.78 is 10.4. The first-order valence-corrected chi connectivity index (χ1v) is 8.42. The smallest absolute Gasteiger partial charge is 0.341 e. The molecule has 0 saturated heterocycles. The van der Waals surface area contributed by atoms with Crippen LogP contribution in [-0.4, -0.2) is 47.1 Å². The van der Waals surface area contributed by atoms with Gasteiger partial charge in [0.05, 0.1) is 11.5 Å². The van der Waals surface area contributed by atoms with Crippen molar-refractivity contribution in [2.24, 2.45) is 0 Å². The van der Waals surface area contributed by atoms with Gasteiger partial charge in [0.2, 0.25) is 0 Å². The molecule has 1 N–H and O–H groups in total. The molecule has 0 spiro atoms. The summed E-state index contributed by atoms with van der Waals surface area (Å²) in [7, 11) is 1.54. The van der Waals surface area contributed by atoms with Crippen LogP contribution in [-0.2, 0) is 11.3 Å². The van der Waals surface area contributed by atoms with Crippen LogP contribution < -0.4 is 9.47 Å². The van der Waals surface area contributed by atoms with Gasteiger partial charge in [-0.15, -0.1) is 0 Å². The summed E-state index contributed by atoms with van der Waals surface area (Å²) in [6, 6.07) is 10.6. The first kappa shape index (κ1) is 20.7. The van der Waals surface area contributed by atoms with Crippen molar-refractivity contribution in [1.82, 2.24) is 4.90 Å². The largest absolute Gasteiger partial charge is 0.494 e. The Morgan fingerprint density at radius 1 is 1.11 bits per heavy atom. The van der Waals surface area contributed by atoms with E-state index in [1.54, 1.807) is 31.2 Å². The molecule has 9 heteroatoms. The Morgan fingerprint density at radius 2 is 1.75 bits per heavy atom. The fourth-order valence-corrected chi connectivity index (χ4v) is 2.49. The minimum atomic E-state index is -1.08. The molecule has 0 saturated carbocycles. The average molecular weight is 388 g/mol. The molecule has 0 fully saturated rings. The second-order valence-electron chi connectivity index (χ2n) is 5.86. The fraction of sp³-hybridized carbons (Fsp3) is 0.263. The molecule has 0 unspecified atom stereocenters. The lowest BCUT2D eigenvalue weighted by Gasteiger charge is -2.18. The molecular weight excluding hydrogens is 368 g/mol. The standard InChI is InChI=1S/C19H20N2O7/c1-3-27-15-8-9-17(21(25)26)16(10-15)19(24)20(2)11-13-4-6-14(7-5-13)28-12-18(22)23/h4-10H,3,11-12H2,1-2H3,(H,22,23). The van der Waals surface area contributed by atoms with Gasteiger partial charge in [0.1, 0.15) is 17.1 Å². The highest BCUT2D eigenvalue weighted by atomic mass is 16.6. The van der Waals surface area contributed by atoms with Crippen molar-refractivity contribution in [3.8, 4) is 11.5 Å². The molecule has 0 radical (unpaired) electrons. The number of carbonyl (C=O) groups is 2. The predicted molar refractivity (Wildman–Crippen MR) is 99.6 cm³/mol. The third kappa shape index (κ3) is 5.44. The number of nitrogens with zero attached hydrogens (tertiary/aromatic N) is 2. The molecule has 0 bridgehead atoms. The molecule has 2 aromatic rings. The Bertz CT molecular complexity index is 865. The number of carbonyl (C=O) groups excluding carboxylic acids is 1. The van der Waals surface area contributed by atoms with Gasteiger partial charge in [-0.25, -0.2) is 4.79 Å². The molecule has 0 aliphatic heterocycles. The molecule has 9 nitrogen and oxygen atoms in total. The van der Waals surface area contributed by atoms with Gasteiger partial charge >= 0.3 is 5.97 Å². The van der Waals surface area contributed by atoms with Crippen LogP contribution in [0.4, 0.5) is 5.69 Å². The highest BCUT2D eigenvalue weighted by Gasteiger charge is 2.24. The predicted octanol–water partition coefficient (Wildman–Crippen LogP) is 2.73. The van der Waals surface area contributed by atoms with Crippen molar-refractivity contribution in [2.45, 2.75) is 13.5 Å². The van der Waals surface area contributed by atoms with E-state index in [0.29, 0.717) is 18.1 Å². The number of hydrogen-bond donors (Lipinski definition) is 1. The number of carboxylic acid groups (broad SMARTS) is 1. The molecule has 1 amide bonds. The van der Waals surface area contributed by atoms with E-state index >= 15 is 0 Å². The summed E-state index contributed by atoms with van der Waals surface area (Å²) >= 11 is 0. The van der Waals surface area contributed by atoms with Crippen molar-refractivity contribution >= 4 is 17.6 Å². The number of rotatable bonds is 9. The number of nitro benzene ring substituents is 1. The van der Waals surface area contributed by atoms with Gasteiger partial charge in [-0.3, -0.25) is 14.9 Å². The van der Waals surface area contributed by atoms with Crippen molar-refractivity contribution in [3.63, 3.8) is 0 Å². The maximum absolute atomic E-state index is 12.8. The number of carboxylic acids is 1. The number of aliphatic carboxylic acids is 1. The molecule has 0 aromatic heterocycles. The van der Waals surface area contributed by atoms with Gasteiger partial charge in [0.15, 0.2) is 6.61 Å². The quantitative estimate of drug-likeness (QED) is 0.518. The van der Waals surface area contributed by atoms with Crippen LogP contribution in [0.2, 0.25) is 0 Å². The lowest BCUT2D eigenvalue weighted by atomic mass is 10.1. The van der Waals surface area contributed by atoms with E-state index in [9.17, 15) is 19.7 Å². The summed E-state index contributed by atoms with van der Waals surface area (Å²) in [6.07, 6.45) is 0. The van der Waals surface area contributed by atoms with Gasteiger partial charge in [-0.05, 0) is 36.8 Å². The van der Waals surface area contributed by atoms with E-state index in [-0.39, 0.29) is 17.8 Å². The maximum atomic E-state index is 12.8. The summed E-state index contributed by atoms with van der Waals surface area (Å²) in [5.41, 5.74) is 0.403. The molecule has 28 heavy (non-hydrogen) atoms. The van der Waals surface area contributed by atoms with Crippen molar-refractivity contribution < 1.29 is 29.1 Å². The van der Waals surface area contributed by atoms with E-state index in [2.05, 4.69) is 0 Å². The third-order valence-electron chi connectivity index (χ3n) is 3.76.